The number of carbonyl (C=O) groups excluding carboxylic acids is 1. The lowest BCUT2D eigenvalue weighted by Crippen LogP contribution is -2.46. The second-order valence-corrected chi connectivity index (χ2v) is 5.04. The molecule has 2 rings (SSSR count). The van der Waals surface area contributed by atoms with E-state index in [1.165, 1.54) is 0 Å². The lowest BCUT2D eigenvalue weighted by atomic mass is 10.0. The van der Waals surface area contributed by atoms with Crippen LogP contribution in [0.5, 0.6) is 0 Å². The average Bonchev–Trinajstić information content (AvgIpc) is 2.43. The molecule has 1 aromatic carbocycles. The Hall–Kier alpha value is -1.33. The van der Waals surface area contributed by atoms with E-state index < -0.39 is 17.7 Å². The summed E-state index contributed by atoms with van der Waals surface area (Å²) in [5.74, 6) is -1.29. The highest BCUT2D eigenvalue weighted by Gasteiger charge is 2.26. The van der Waals surface area contributed by atoms with E-state index in [2.05, 4.69) is 11.8 Å². The van der Waals surface area contributed by atoms with Gasteiger partial charge < -0.3 is 4.74 Å². The number of carbonyl (C=O) groups is 1. The molecule has 0 spiro atoms. The fourth-order valence-corrected chi connectivity index (χ4v) is 2.40. The molecule has 3 nitrogen and oxygen atoms in total. The Morgan fingerprint density at radius 3 is 3.00 bits per heavy atom. The van der Waals surface area contributed by atoms with Crippen molar-refractivity contribution in [1.29, 1.82) is 0 Å². The Balaban J connectivity index is 1.99. The maximum atomic E-state index is 13.5. The van der Waals surface area contributed by atoms with Gasteiger partial charge in [0.2, 0.25) is 0 Å². The van der Waals surface area contributed by atoms with Gasteiger partial charge >= 0.3 is 0 Å². The van der Waals surface area contributed by atoms with Crippen molar-refractivity contribution in [3.05, 3.63) is 35.4 Å². The summed E-state index contributed by atoms with van der Waals surface area (Å²) in [6.45, 7) is 4.84. The number of ketones is 1. The van der Waals surface area contributed by atoms with Crippen LogP contribution in [0.3, 0.4) is 0 Å². The zero-order valence-electron chi connectivity index (χ0n) is 11.6. The molecule has 0 amide bonds. The first-order valence-corrected chi connectivity index (χ1v) is 6.90. The van der Waals surface area contributed by atoms with E-state index in [0.717, 1.165) is 37.7 Å². The van der Waals surface area contributed by atoms with Crippen molar-refractivity contribution in [3.63, 3.8) is 0 Å². The summed E-state index contributed by atoms with van der Waals surface area (Å²) >= 11 is 0. The van der Waals surface area contributed by atoms with Gasteiger partial charge in [0.25, 0.3) is 0 Å². The quantitative estimate of drug-likeness (QED) is 0.829. The lowest BCUT2D eigenvalue weighted by Gasteiger charge is -2.31. The molecule has 0 bridgehead atoms. The Labute approximate surface area is 117 Å². The molecule has 1 saturated heterocycles. The van der Waals surface area contributed by atoms with E-state index in [9.17, 15) is 13.6 Å². The molecule has 110 valence electrons. The van der Waals surface area contributed by atoms with Crippen molar-refractivity contribution in [2.24, 2.45) is 0 Å². The summed E-state index contributed by atoms with van der Waals surface area (Å²) in [6.07, 6.45) is 0.339. The Morgan fingerprint density at radius 2 is 2.25 bits per heavy atom. The summed E-state index contributed by atoms with van der Waals surface area (Å²) in [7, 11) is 0. The summed E-state index contributed by atoms with van der Waals surface area (Å²) in [6, 6.07) is 3.16. The number of hydrogen-bond donors (Lipinski definition) is 0. The van der Waals surface area contributed by atoms with Gasteiger partial charge in [-0.15, -0.1) is 0 Å². The summed E-state index contributed by atoms with van der Waals surface area (Å²) in [5, 5.41) is 0. The van der Waals surface area contributed by atoms with Gasteiger partial charge in [-0.3, -0.25) is 9.69 Å². The molecule has 0 aliphatic carbocycles. The van der Waals surface area contributed by atoms with Crippen LogP contribution in [0.1, 0.15) is 18.9 Å². The van der Waals surface area contributed by atoms with Crippen molar-refractivity contribution < 1.29 is 18.3 Å². The van der Waals surface area contributed by atoms with E-state index in [1.54, 1.807) is 0 Å². The van der Waals surface area contributed by atoms with Crippen LogP contribution >= 0.6 is 0 Å². The maximum absolute atomic E-state index is 13.5. The van der Waals surface area contributed by atoms with Crippen molar-refractivity contribution in [3.8, 4) is 0 Å². The van der Waals surface area contributed by atoms with Crippen LogP contribution in [0.25, 0.3) is 0 Å². The normalized spacial score (nSPS) is 20.1. The van der Waals surface area contributed by atoms with Crippen molar-refractivity contribution >= 4 is 5.78 Å². The van der Waals surface area contributed by atoms with Gasteiger partial charge in [0.1, 0.15) is 17.7 Å². The van der Waals surface area contributed by atoms with Gasteiger partial charge in [0, 0.05) is 19.5 Å². The number of morpholine rings is 1. The van der Waals surface area contributed by atoms with Crippen LogP contribution in [-0.2, 0) is 16.0 Å². The molecule has 0 saturated carbocycles. The molecule has 20 heavy (non-hydrogen) atoms. The van der Waals surface area contributed by atoms with Crippen LogP contribution in [0.15, 0.2) is 18.2 Å². The minimum atomic E-state index is -0.555. The van der Waals surface area contributed by atoms with Gasteiger partial charge in [0.15, 0.2) is 5.78 Å². The third-order valence-electron chi connectivity index (χ3n) is 3.42. The molecule has 1 aliphatic heterocycles. The molecule has 1 fully saturated rings. The Kier molecular flexibility index (Phi) is 5.20. The molecule has 5 heteroatoms. The highest BCUT2D eigenvalue weighted by Crippen LogP contribution is 2.14. The van der Waals surface area contributed by atoms with Crippen molar-refractivity contribution in [2.45, 2.75) is 25.9 Å². The molecule has 0 aromatic heterocycles. The highest BCUT2D eigenvalue weighted by molar-refractivity contribution is 5.85. The predicted octanol–water partition coefficient (Wildman–Crippen LogP) is 2.19. The average molecular weight is 283 g/mol. The molecular weight excluding hydrogens is 264 g/mol. The van der Waals surface area contributed by atoms with E-state index in [4.69, 9.17) is 4.74 Å². The first-order valence-electron chi connectivity index (χ1n) is 6.90. The monoisotopic (exact) mass is 283 g/mol. The predicted molar refractivity (Wildman–Crippen MR) is 71.5 cm³/mol. The van der Waals surface area contributed by atoms with Crippen LogP contribution in [0, 0.1) is 11.6 Å². The number of Topliss-reactive ketones (excluding diaryl/α,β-unsaturated/α-hetero) is 1. The number of halogens is 2. The van der Waals surface area contributed by atoms with Crippen LogP contribution < -0.4 is 0 Å². The first-order chi connectivity index (χ1) is 9.60. The highest BCUT2D eigenvalue weighted by atomic mass is 19.1. The minimum absolute atomic E-state index is 0.0891. The van der Waals surface area contributed by atoms with E-state index in [-0.39, 0.29) is 17.8 Å². The molecule has 1 aromatic rings. The summed E-state index contributed by atoms with van der Waals surface area (Å²) in [5.41, 5.74) is 0.0891. The molecular formula is C15H19F2NO2. The van der Waals surface area contributed by atoms with E-state index >= 15 is 0 Å². The van der Waals surface area contributed by atoms with Crippen LogP contribution in [-0.4, -0.2) is 43.0 Å². The maximum Gasteiger partial charge on any atom is 0.167 e. The molecule has 0 radical (unpaired) electrons. The Morgan fingerprint density at radius 1 is 1.45 bits per heavy atom. The number of ether oxygens (including phenoxy) is 1. The number of benzene rings is 1. The second-order valence-electron chi connectivity index (χ2n) is 5.04. The SMILES string of the molecule is CCCN1CCOC(C(=O)Cc2cc(F)ccc2F)C1. The standard InChI is InChI=1S/C15H19F2NO2/c1-2-5-18-6-7-20-15(10-18)14(19)9-11-8-12(16)3-4-13(11)17/h3-4,8,15H,2,5-7,9-10H2,1H3. The second kappa shape index (κ2) is 6.90. The van der Waals surface area contributed by atoms with Crippen LogP contribution in [0.2, 0.25) is 0 Å². The van der Waals surface area contributed by atoms with Crippen molar-refractivity contribution in [2.75, 3.05) is 26.2 Å². The third kappa shape index (κ3) is 3.84. The zero-order valence-corrected chi connectivity index (χ0v) is 11.6. The summed E-state index contributed by atoms with van der Waals surface area (Å²) in [4.78, 5) is 14.3. The lowest BCUT2D eigenvalue weighted by molar-refractivity contribution is -0.135. The third-order valence-corrected chi connectivity index (χ3v) is 3.42. The Bertz CT molecular complexity index is 477. The molecule has 1 aliphatic rings. The zero-order chi connectivity index (χ0) is 14.5. The molecule has 1 heterocycles. The molecule has 1 unspecified atom stereocenters. The van der Waals surface area contributed by atoms with Gasteiger partial charge in [0.05, 0.1) is 6.61 Å². The van der Waals surface area contributed by atoms with E-state index in [1.807, 2.05) is 0 Å². The van der Waals surface area contributed by atoms with Gasteiger partial charge in [-0.2, -0.15) is 0 Å². The molecule has 1 atom stereocenters. The van der Waals surface area contributed by atoms with Crippen LogP contribution in [0.4, 0.5) is 8.78 Å². The number of hydrogen-bond acceptors (Lipinski definition) is 3. The minimum Gasteiger partial charge on any atom is -0.368 e. The van der Waals surface area contributed by atoms with E-state index in [0.29, 0.717) is 13.2 Å². The first kappa shape index (κ1) is 15.1. The van der Waals surface area contributed by atoms with Gasteiger partial charge in [-0.05, 0) is 36.7 Å². The number of rotatable bonds is 5. The van der Waals surface area contributed by atoms with Gasteiger partial charge in [-0.25, -0.2) is 8.78 Å². The molecule has 0 N–H and O–H groups in total. The smallest absolute Gasteiger partial charge is 0.167 e. The van der Waals surface area contributed by atoms with Gasteiger partial charge in [-0.1, -0.05) is 6.92 Å². The largest absolute Gasteiger partial charge is 0.368 e. The fraction of sp³-hybridized carbons (Fsp3) is 0.533. The summed E-state index contributed by atoms with van der Waals surface area (Å²) < 4.78 is 32.1. The fourth-order valence-electron chi connectivity index (χ4n) is 2.40. The topological polar surface area (TPSA) is 29.5 Å². The number of nitrogens with zero attached hydrogens (tertiary/aromatic N) is 1. The van der Waals surface area contributed by atoms with Crippen molar-refractivity contribution in [1.82, 2.24) is 4.90 Å².